The molecule has 2 heterocycles. The zero-order valence-corrected chi connectivity index (χ0v) is 14.6. The van der Waals surface area contributed by atoms with E-state index in [2.05, 4.69) is 20.2 Å². The lowest BCUT2D eigenvalue weighted by Gasteiger charge is -2.27. The molecule has 0 bridgehead atoms. The zero-order valence-electron chi connectivity index (χ0n) is 13.9. The molecule has 1 aliphatic heterocycles. The standard InChI is InChI=1S/C17H21ClN4O2/c1-23-14-9-13(15(24-2)8-12(14)18)21-16-10-17(20-11-19-16)22-6-4-3-5-7-22/h8-11H,3-7H2,1-2H3,(H,19,20,21). The molecule has 0 saturated carbocycles. The highest BCUT2D eigenvalue weighted by molar-refractivity contribution is 6.32. The van der Waals surface area contributed by atoms with Crippen molar-refractivity contribution in [3.8, 4) is 11.5 Å². The van der Waals surface area contributed by atoms with Gasteiger partial charge in [0.05, 0.1) is 24.9 Å². The van der Waals surface area contributed by atoms with Crippen LogP contribution in [-0.2, 0) is 0 Å². The zero-order chi connectivity index (χ0) is 16.9. The number of benzene rings is 1. The monoisotopic (exact) mass is 348 g/mol. The van der Waals surface area contributed by atoms with Gasteiger partial charge >= 0.3 is 0 Å². The largest absolute Gasteiger partial charge is 0.495 e. The first-order valence-corrected chi connectivity index (χ1v) is 8.34. The second-order valence-electron chi connectivity index (χ2n) is 5.62. The van der Waals surface area contributed by atoms with Gasteiger partial charge in [0.25, 0.3) is 0 Å². The van der Waals surface area contributed by atoms with Gasteiger partial charge in [-0.25, -0.2) is 9.97 Å². The Labute approximate surface area is 146 Å². The summed E-state index contributed by atoms with van der Waals surface area (Å²) in [5.41, 5.74) is 0.738. The van der Waals surface area contributed by atoms with E-state index in [1.807, 2.05) is 6.07 Å². The van der Waals surface area contributed by atoms with Crippen LogP contribution in [0.1, 0.15) is 19.3 Å². The highest BCUT2D eigenvalue weighted by Gasteiger charge is 2.14. The molecule has 1 N–H and O–H groups in total. The smallest absolute Gasteiger partial charge is 0.144 e. The van der Waals surface area contributed by atoms with E-state index in [0.717, 1.165) is 24.6 Å². The van der Waals surface area contributed by atoms with Gasteiger partial charge in [-0.05, 0) is 19.3 Å². The molecule has 0 aliphatic carbocycles. The van der Waals surface area contributed by atoms with Crippen molar-refractivity contribution >= 4 is 28.9 Å². The highest BCUT2D eigenvalue weighted by atomic mass is 35.5. The molecular weight excluding hydrogens is 328 g/mol. The van der Waals surface area contributed by atoms with Crippen molar-refractivity contribution in [1.29, 1.82) is 0 Å². The fourth-order valence-corrected chi connectivity index (χ4v) is 3.04. The van der Waals surface area contributed by atoms with E-state index in [9.17, 15) is 0 Å². The highest BCUT2D eigenvalue weighted by Crippen LogP contribution is 2.37. The van der Waals surface area contributed by atoms with Gasteiger partial charge in [0.2, 0.25) is 0 Å². The molecule has 1 aromatic carbocycles. The summed E-state index contributed by atoms with van der Waals surface area (Å²) in [5.74, 6) is 2.84. The van der Waals surface area contributed by atoms with Crippen LogP contribution in [0.15, 0.2) is 24.5 Å². The van der Waals surface area contributed by atoms with Gasteiger partial charge in [0, 0.05) is 31.3 Å². The van der Waals surface area contributed by atoms with E-state index in [4.69, 9.17) is 21.1 Å². The predicted molar refractivity (Wildman–Crippen MR) is 95.9 cm³/mol. The Morgan fingerprint density at radius 2 is 1.75 bits per heavy atom. The maximum Gasteiger partial charge on any atom is 0.144 e. The molecular formula is C17H21ClN4O2. The lowest BCUT2D eigenvalue weighted by atomic mass is 10.1. The number of halogens is 1. The summed E-state index contributed by atoms with van der Waals surface area (Å²) >= 11 is 6.14. The van der Waals surface area contributed by atoms with Gasteiger partial charge in [0.1, 0.15) is 29.5 Å². The Morgan fingerprint density at radius 3 is 2.46 bits per heavy atom. The maximum atomic E-state index is 6.14. The molecule has 0 amide bonds. The number of piperidine rings is 1. The normalized spacial score (nSPS) is 14.4. The maximum absolute atomic E-state index is 6.14. The van der Waals surface area contributed by atoms with Crippen molar-refractivity contribution in [3.63, 3.8) is 0 Å². The van der Waals surface area contributed by atoms with Crippen LogP contribution in [0.3, 0.4) is 0 Å². The fraction of sp³-hybridized carbons (Fsp3) is 0.412. The number of hydrogen-bond acceptors (Lipinski definition) is 6. The van der Waals surface area contributed by atoms with E-state index < -0.39 is 0 Å². The van der Waals surface area contributed by atoms with Crippen LogP contribution in [-0.4, -0.2) is 37.3 Å². The van der Waals surface area contributed by atoms with Crippen molar-refractivity contribution in [2.75, 3.05) is 37.5 Å². The Kier molecular flexibility index (Phi) is 5.25. The van der Waals surface area contributed by atoms with E-state index in [0.29, 0.717) is 22.3 Å². The van der Waals surface area contributed by atoms with Crippen molar-refractivity contribution in [3.05, 3.63) is 29.5 Å². The summed E-state index contributed by atoms with van der Waals surface area (Å²) in [6.07, 6.45) is 5.27. The third-order valence-corrected chi connectivity index (χ3v) is 4.36. The molecule has 0 unspecified atom stereocenters. The second kappa shape index (κ2) is 7.57. The molecule has 1 fully saturated rings. The lowest BCUT2D eigenvalue weighted by Crippen LogP contribution is -2.30. The molecule has 128 valence electrons. The first kappa shape index (κ1) is 16.6. The number of methoxy groups -OCH3 is 2. The van der Waals surface area contributed by atoms with E-state index in [1.54, 1.807) is 32.7 Å². The average molecular weight is 349 g/mol. The Morgan fingerprint density at radius 1 is 1.00 bits per heavy atom. The topological polar surface area (TPSA) is 59.5 Å². The molecule has 1 saturated heterocycles. The summed E-state index contributed by atoms with van der Waals surface area (Å²) in [6, 6.07) is 5.46. The summed E-state index contributed by atoms with van der Waals surface area (Å²) in [7, 11) is 3.18. The SMILES string of the molecule is COc1cc(Nc2cc(N3CCCCC3)ncn2)c(OC)cc1Cl. The van der Waals surface area contributed by atoms with E-state index in [1.165, 1.54) is 19.3 Å². The summed E-state index contributed by atoms with van der Waals surface area (Å²) in [5, 5.41) is 3.76. The van der Waals surface area contributed by atoms with Crippen LogP contribution in [0.25, 0.3) is 0 Å². The third-order valence-electron chi connectivity index (χ3n) is 4.07. The van der Waals surface area contributed by atoms with Gasteiger partial charge in [-0.3, -0.25) is 0 Å². The van der Waals surface area contributed by atoms with Crippen molar-refractivity contribution in [2.24, 2.45) is 0 Å². The number of nitrogens with one attached hydrogen (secondary N) is 1. The number of ether oxygens (including phenoxy) is 2. The average Bonchev–Trinajstić information content (AvgIpc) is 2.63. The molecule has 2 aromatic rings. The summed E-state index contributed by atoms with van der Waals surface area (Å²) in [4.78, 5) is 11.0. The Hall–Kier alpha value is -2.21. The van der Waals surface area contributed by atoms with Crippen molar-refractivity contribution < 1.29 is 9.47 Å². The van der Waals surface area contributed by atoms with Crippen LogP contribution in [0.5, 0.6) is 11.5 Å². The molecule has 24 heavy (non-hydrogen) atoms. The van der Waals surface area contributed by atoms with Gasteiger partial charge < -0.3 is 19.7 Å². The molecule has 1 aliphatic rings. The number of anilines is 3. The quantitative estimate of drug-likeness (QED) is 0.884. The van der Waals surface area contributed by atoms with Crippen LogP contribution in [0.2, 0.25) is 5.02 Å². The van der Waals surface area contributed by atoms with E-state index in [-0.39, 0.29) is 0 Å². The van der Waals surface area contributed by atoms with Crippen LogP contribution in [0.4, 0.5) is 17.3 Å². The van der Waals surface area contributed by atoms with Gasteiger partial charge in [-0.2, -0.15) is 0 Å². The minimum absolute atomic E-state index is 0.497. The molecule has 0 radical (unpaired) electrons. The third kappa shape index (κ3) is 3.64. The summed E-state index contributed by atoms with van der Waals surface area (Å²) in [6.45, 7) is 2.07. The van der Waals surface area contributed by atoms with Crippen molar-refractivity contribution in [2.45, 2.75) is 19.3 Å². The minimum Gasteiger partial charge on any atom is -0.495 e. The summed E-state index contributed by atoms with van der Waals surface area (Å²) < 4.78 is 10.7. The van der Waals surface area contributed by atoms with Gasteiger partial charge in [-0.1, -0.05) is 11.6 Å². The van der Waals surface area contributed by atoms with Crippen LogP contribution in [0, 0.1) is 0 Å². The van der Waals surface area contributed by atoms with Gasteiger partial charge in [-0.15, -0.1) is 0 Å². The second-order valence-corrected chi connectivity index (χ2v) is 6.03. The minimum atomic E-state index is 0.497. The number of hydrogen-bond donors (Lipinski definition) is 1. The first-order valence-electron chi connectivity index (χ1n) is 7.97. The molecule has 0 spiro atoms. The van der Waals surface area contributed by atoms with Crippen molar-refractivity contribution in [1.82, 2.24) is 9.97 Å². The lowest BCUT2D eigenvalue weighted by molar-refractivity contribution is 0.405. The fourth-order valence-electron chi connectivity index (χ4n) is 2.81. The Balaban J connectivity index is 1.85. The number of nitrogens with zero attached hydrogens (tertiary/aromatic N) is 3. The molecule has 1 aromatic heterocycles. The van der Waals surface area contributed by atoms with Crippen LogP contribution >= 0.6 is 11.6 Å². The molecule has 6 nitrogen and oxygen atoms in total. The number of aromatic nitrogens is 2. The predicted octanol–water partition coefficient (Wildman–Crippen LogP) is 3.88. The van der Waals surface area contributed by atoms with E-state index >= 15 is 0 Å². The molecule has 3 rings (SSSR count). The molecule has 0 atom stereocenters. The first-order chi connectivity index (χ1) is 11.7. The van der Waals surface area contributed by atoms with Gasteiger partial charge in [0.15, 0.2) is 0 Å². The Bertz CT molecular complexity index is 705. The van der Waals surface area contributed by atoms with Crippen LogP contribution < -0.4 is 19.7 Å². The molecule has 7 heteroatoms. The number of rotatable bonds is 5.